The normalized spacial score (nSPS) is 11.8. The van der Waals surface area contributed by atoms with Crippen molar-refractivity contribution >= 4 is 0 Å². The largest absolute Gasteiger partial charge is 0.417 e. The highest BCUT2D eigenvalue weighted by molar-refractivity contribution is 5.16. The molecule has 108 valence electrons. The first-order valence-corrected chi connectivity index (χ1v) is 5.96. The lowest BCUT2D eigenvalue weighted by Crippen LogP contribution is -2.29. The van der Waals surface area contributed by atoms with Crippen LogP contribution in [0.4, 0.5) is 13.2 Å². The molecule has 0 aliphatic rings. The van der Waals surface area contributed by atoms with Gasteiger partial charge >= 0.3 is 6.18 Å². The molecule has 1 aromatic heterocycles. The van der Waals surface area contributed by atoms with Crippen LogP contribution in [-0.4, -0.2) is 38.3 Å². The zero-order valence-corrected chi connectivity index (χ0v) is 10.8. The monoisotopic (exact) mass is 277 g/mol. The molecule has 0 saturated heterocycles. The Bertz CT molecular complexity index is 354. The van der Waals surface area contributed by atoms with Gasteiger partial charge in [-0.05, 0) is 12.1 Å². The number of hydrogen-bond donors (Lipinski definition) is 2. The fraction of sp³-hybridized carbons (Fsp3) is 0.583. The van der Waals surface area contributed by atoms with Crippen LogP contribution in [0.25, 0.3) is 0 Å². The third kappa shape index (κ3) is 6.51. The molecule has 19 heavy (non-hydrogen) atoms. The number of nitrogens with one attached hydrogen (secondary N) is 2. The maximum atomic E-state index is 12.3. The van der Waals surface area contributed by atoms with Crippen LogP contribution in [0.5, 0.6) is 0 Å². The predicted molar refractivity (Wildman–Crippen MR) is 65.7 cm³/mol. The van der Waals surface area contributed by atoms with Gasteiger partial charge < -0.3 is 15.4 Å². The van der Waals surface area contributed by atoms with Gasteiger partial charge in [0.1, 0.15) is 0 Å². The highest BCUT2D eigenvalue weighted by Crippen LogP contribution is 2.28. The molecule has 4 nitrogen and oxygen atoms in total. The van der Waals surface area contributed by atoms with Crippen molar-refractivity contribution in [1.29, 1.82) is 0 Å². The van der Waals surface area contributed by atoms with Gasteiger partial charge in [-0.3, -0.25) is 4.98 Å². The number of rotatable bonds is 8. The van der Waals surface area contributed by atoms with E-state index in [0.29, 0.717) is 25.4 Å². The molecule has 1 rings (SSSR count). The quantitative estimate of drug-likeness (QED) is 0.706. The third-order valence-corrected chi connectivity index (χ3v) is 2.42. The Morgan fingerprint density at radius 1 is 1.16 bits per heavy atom. The number of hydrogen-bond acceptors (Lipinski definition) is 4. The molecule has 0 fully saturated rings. The van der Waals surface area contributed by atoms with Crippen LogP contribution < -0.4 is 10.6 Å². The van der Waals surface area contributed by atoms with Crippen molar-refractivity contribution in [2.24, 2.45) is 0 Å². The molecule has 0 atom stereocenters. The number of alkyl halides is 3. The lowest BCUT2D eigenvalue weighted by Gasteiger charge is -2.08. The van der Waals surface area contributed by atoms with Gasteiger partial charge in [0.15, 0.2) is 0 Å². The van der Waals surface area contributed by atoms with Crippen LogP contribution in [0, 0.1) is 0 Å². The Labute approximate surface area is 110 Å². The molecule has 0 bridgehead atoms. The first kappa shape index (κ1) is 15.9. The summed E-state index contributed by atoms with van der Waals surface area (Å²) in [5.41, 5.74) is -0.137. The van der Waals surface area contributed by atoms with E-state index in [2.05, 4.69) is 15.6 Å². The molecule has 0 saturated carbocycles. The summed E-state index contributed by atoms with van der Waals surface area (Å²) >= 11 is 0. The summed E-state index contributed by atoms with van der Waals surface area (Å²) in [6.07, 6.45) is -3.47. The van der Waals surface area contributed by atoms with E-state index in [0.717, 1.165) is 25.4 Å². The van der Waals surface area contributed by atoms with Gasteiger partial charge in [-0.15, -0.1) is 0 Å². The Kier molecular flexibility index (Phi) is 6.75. The molecular weight excluding hydrogens is 259 g/mol. The van der Waals surface area contributed by atoms with E-state index in [9.17, 15) is 13.2 Å². The number of ether oxygens (including phenoxy) is 1. The van der Waals surface area contributed by atoms with Gasteiger partial charge in [0, 0.05) is 39.5 Å². The lowest BCUT2D eigenvalue weighted by molar-refractivity contribution is -0.137. The third-order valence-electron chi connectivity index (χ3n) is 2.42. The summed E-state index contributed by atoms with van der Waals surface area (Å²) in [5, 5.41) is 6.23. The number of methoxy groups -OCH3 is 1. The summed E-state index contributed by atoms with van der Waals surface area (Å²) in [7, 11) is 1.64. The molecule has 1 heterocycles. The molecular formula is C12H18F3N3O. The Morgan fingerprint density at radius 2 is 1.89 bits per heavy atom. The molecule has 0 radical (unpaired) electrons. The number of halogens is 3. The smallest absolute Gasteiger partial charge is 0.383 e. The molecule has 0 aliphatic heterocycles. The first-order chi connectivity index (χ1) is 9.04. The van der Waals surface area contributed by atoms with Gasteiger partial charge in [-0.25, -0.2) is 0 Å². The Morgan fingerprint density at radius 3 is 2.47 bits per heavy atom. The zero-order valence-electron chi connectivity index (χ0n) is 10.8. The van der Waals surface area contributed by atoms with Gasteiger partial charge in [-0.2, -0.15) is 13.2 Å². The van der Waals surface area contributed by atoms with E-state index < -0.39 is 11.7 Å². The fourth-order valence-corrected chi connectivity index (χ4v) is 1.39. The Balaban J connectivity index is 2.20. The molecule has 0 amide bonds. The topological polar surface area (TPSA) is 46.2 Å². The standard InChI is InChI=1S/C12H18F3N3O/c1-19-7-6-16-4-5-17-9-11-3-2-10(8-18-11)12(13,14)15/h2-3,8,16-17H,4-7,9H2,1H3. The highest BCUT2D eigenvalue weighted by Gasteiger charge is 2.30. The summed E-state index contributed by atoms with van der Waals surface area (Å²) in [4.78, 5) is 3.77. The number of nitrogens with zero attached hydrogens (tertiary/aromatic N) is 1. The van der Waals surface area contributed by atoms with Crippen molar-refractivity contribution in [2.75, 3.05) is 33.4 Å². The second-order valence-corrected chi connectivity index (χ2v) is 3.96. The average Bonchev–Trinajstić information content (AvgIpc) is 2.37. The van der Waals surface area contributed by atoms with Gasteiger partial charge in [-0.1, -0.05) is 0 Å². The van der Waals surface area contributed by atoms with Crippen molar-refractivity contribution < 1.29 is 17.9 Å². The van der Waals surface area contributed by atoms with Crippen molar-refractivity contribution in [1.82, 2.24) is 15.6 Å². The summed E-state index contributed by atoms with van der Waals surface area (Å²) in [6.45, 7) is 3.36. The summed E-state index contributed by atoms with van der Waals surface area (Å²) in [5.74, 6) is 0. The predicted octanol–water partition coefficient (Wildman–Crippen LogP) is 1.43. The van der Waals surface area contributed by atoms with E-state index in [1.165, 1.54) is 6.07 Å². The van der Waals surface area contributed by atoms with E-state index >= 15 is 0 Å². The van der Waals surface area contributed by atoms with Crippen molar-refractivity contribution in [3.05, 3.63) is 29.6 Å². The fourth-order valence-electron chi connectivity index (χ4n) is 1.39. The number of pyridine rings is 1. The van der Waals surface area contributed by atoms with Crippen LogP contribution in [0.3, 0.4) is 0 Å². The van der Waals surface area contributed by atoms with Crippen molar-refractivity contribution in [3.8, 4) is 0 Å². The molecule has 0 unspecified atom stereocenters. The van der Waals surface area contributed by atoms with E-state index in [1.807, 2.05) is 0 Å². The van der Waals surface area contributed by atoms with Crippen LogP contribution in [-0.2, 0) is 17.5 Å². The minimum Gasteiger partial charge on any atom is -0.383 e. The van der Waals surface area contributed by atoms with Crippen LogP contribution >= 0.6 is 0 Å². The second-order valence-electron chi connectivity index (χ2n) is 3.96. The van der Waals surface area contributed by atoms with Crippen LogP contribution in [0.1, 0.15) is 11.3 Å². The summed E-state index contributed by atoms with van der Waals surface area (Å²) < 4.78 is 41.8. The lowest BCUT2D eigenvalue weighted by atomic mass is 10.2. The minimum absolute atomic E-state index is 0.449. The van der Waals surface area contributed by atoms with Crippen LogP contribution in [0.2, 0.25) is 0 Å². The van der Waals surface area contributed by atoms with E-state index in [1.54, 1.807) is 7.11 Å². The van der Waals surface area contributed by atoms with E-state index in [4.69, 9.17) is 4.74 Å². The SMILES string of the molecule is COCCNCCNCc1ccc(C(F)(F)F)cn1. The minimum atomic E-state index is -4.33. The number of aromatic nitrogens is 1. The van der Waals surface area contributed by atoms with Gasteiger partial charge in [0.05, 0.1) is 17.9 Å². The molecule has 1 aromatic rings. The van der Waals surface area contributed by atoms with Crippen molar-refractivity contribution in [2.45, 2.75) is 12.7 Å². The van der Waals surface area contributed by atoms with Gasteiger partial charge in [0.25, 0.3) is 0 Å². The zero-order chi connectivity index (χ0) is 14.1. The summed E-state index contributed by atoms with van der Waals surface area (Å²) in [6, 6.07) is 2.43. The molecule has 2 N–H and O–H groups in total. The van der Waals surface area contributed by atoms with E-state index in [-0.39, 0.29) is 0 Å². The molecule has 0 aromatic carbocycles. The second kappa shape index (κ2) is 8.08. The maximum absolute atomic E-state index is 12.3. The van der Waals surface area contributed by atoms with Crippen molar-refractivity contribution in [3.63, 3.8) is 0 Å². The first-order valence-electron chi connectivity index (χ1n) is 5.96. The highest BCUT2D eigenvalue weighted by atomic mass is 19.4. The Hall–Kier alpha value is -1.18. The molecule has 0 aliphatic carbocycles. The maximum Gasteiger partial charge on any atom is 0.417 e. The molecule has 0 spiro atoms. The molecule has 7 heteroatoms. The van der Waals surface area contributed by atoms with Crippen LogP contribution in [0.15, 0.2) is 18.3 Å². The van der Waals surface area contributed by atoms with Gasteiger partial charge in [0.2, 0.25) is 0 Å². The average molecular weight is 277 g/mol.